The van der Waals surface area contributed by atoms with Crippen LogP contribution < -0.4 is 5.14 Å². The van der Waals surface area contributed by atoms with Crippen LogP contribution in [0.4, 0.5) is 0 Å². The summed E-state index contributed by atoms with van der Waals surface area (Å²) in [6, 6.07) is 0. The molecule has 2 N–H and O–H groups in total. The van der Waals surface area contributed by atoms with Crippen LogP contribution in [0.1, 0.15) is 24.1 Å². The molecule has 0 amide bonds. The zero-order valence-electron chi connectivity index (χ0n) is 8.68. The molecule has 15 heavy (non-hydrogen) atoms. The van der Waals surface area contributed by atoms with Crippen molar-refractivity contribution in [2.75, 3.05) is 0 Å². The first kappa shape index (κ1) is 10.6. The highest BCUT2D eigenvalue weighted by molar-refractivity contribution is 7.88. The number of hydrogen-bond donors (Lipinski definition) is 1. The van der Waals surface area contributed by atoms with Crippen LogP contribution in [0.5, 0.6) is 0 Å². The largest absolute Gasteiger partial charge is 0.272 e. The molecule has 0 bridgehead atoms. The monoisotopic (exact) mass is 229 g/mol. The van der Waals surface area contributed by atoms with E-state index >= 15 is 0 Å². The molecule has 0 aliphatic heterocycles. The summed E-state index contributed by atoms with van der Waals surface area (Å²) in [5, 5.41) is 9.27. The third kappa shape index (κ3) is 3.04. The van der Waals surface area contributed by atoms with Gasteiger partial charge in [0.15, 0.2) is 0 Å². The maximum absolute atomic E-state index is 10.9. The second-order valence-corrected chi connectivity index (χ2v) is 5.83. The van der Waals surface area contributed by atoms with Gasteiger partial charge in [0.1, 0.15) is 0 Å². The van der Waals surface area contributed by atoms with Crippen molar-refractivity contribution in [1.29, 1.82) is 0 Å². The average Bonchev–Trinajstić information content (AvgIpc) is 2.78. The summed E-state index contributed by atoms with van der Waals surface area (Å²) in [6.45, 7) is 2.70. The molecule has 1 fully saturated rings. The molecule has 0 radical (unpaired) electrons. The Balaban J connectivity index is 2.13. The Morgan fingerprint density at radius 1 is 1.60 bits per heavy atom. The van der Waals surface area contributed by atoms with Crippen molar-refractivity contribution in [3.8, 4) is 0 Å². The summed E-state index contributed by atoms with van der Waals surface area (Å²) >= 11 is 0. The lowest BCUT2D eigenvalue weighted by molar-refractivity contribution is 0.559. The van der Waals surface area contributed by atoms with Gasteiger partial charge in [-0.3, -0.25) is 4.68 Å². The van der Waals surface area contributed by atoms with Gasteiger partial charge in [-0.2, -0.15) is 5.10 Å². The fourth-order valence-corrected chi connectivity index (χ4v) is 2.29. The van der Waals surface area contributed by atoms with E-state index in [9.17, 15) is 8.42 Å². The normalized spacial score (nSPS) is 16.9. The van der Waals surface area contributed by atoms with Gasteiger partial charge >= 0.3 is 0 Å². The molecule has 2 rings (SSSR count). The van der Waals surface area contributed by atoms with Gasteiger partial charge in [-0.15, -0.1) is 0 Å². The molecule has 1 aromatic heterocycles. The number of nitrogens with two attached hydrogens (primary N) is 1. The molecule has 0 unspecified atom stereocenters. The van der Waals surface area contributed by atoms with Crippen molar-refractivity contribution in [2.24, 2.45) is 11.1 Å². The van der Waals surface area contributed by atoms with Crippen molar-refractivity contribution >= 4 is 10.0 Å². The van der Waals surface area contributed by atoms with Crippen molar-refractivity contribution in [3.63, 3.8) is 0 Å². The molecular weight excluding hydrogens is 214 g/mol. The van der Waals surface area contributed by atoms with Gasteiger partial charge in [0.05, 0.1) is 11.4 Å². The SMILES string of the molecule is Cc1nn(CC2CC2)cc1CS(N)(=O)=O. The summed E-state index contributed by atoms with van der Waals surface area (Å²) in [4.78, 5) is 0. The molecule has 0 spiro atoms. The van der Waals surface area contributed by atoms with Gasteiger partial charge in [-0.1, -0.05) is 0 Å². The van der Waals surface area contributed by atoms with Gasteiger partial charge in [0.25, 0.3) is 0 Å². The van der Waals surface area contributed by atoms with E-state index in [0.717, 1.165) is 18.2 Å². The van der Waals surface area contributed by atoms with E-state index in [2.05, 4.69) is 5.10 Å². The van der Waals surface area contributed by atoms with Crippen molar-refractivity contribution < 1.29 is 8.42 Å². The molecule has 1 heterocycles. The second-order valence-electron chi connectivity index (χ2n) is 4.21. The molecule has 6 heteroatoms. The molecule has 0 atom stereocenters. The molecule has 1 aliphatic carbocycles. The maximum Gasteiger partial charge on any atom is 0.213 e. The third-order valence-electron chi connectivity index (χ3n) is 2.55. The maximum atomic E-state index is 10.9. The molecule has 1 aromatic rings. The van der Waals surface area contributed by atoms with E-state index < -0.39 is 10.0 Å². The van der Waals surface area contributed by atoms with Crippen LogP contribution in [0.25, 0.3) is 0 Å². The minimum absolute atomic E-state index is 0.122. The van der Waals surface area contributed by atoms with E-state index in [-0.39, 0.29) is 5.75 Å². The Morgan fingerprint density at radius 2 is 2.27 bits per heavy atom. The lowest BCUT2D eigenvalue weighted by atomic mass is 10.3. The topological polar surface area (TPSA) is 78.0 Å². The minimum Gasteiger partial charge on any atom is -0.272 e. The zero-order valence-corrected chi connectivity index (χ0v) is 9.50. The van der Waals surface area contributed by atoms with Crippen LogP contribution in [-0.2, 0) is 22.3 Å². The Morgan fingerprint density at radius 3 is 2.80 bits per heavy atom. The Hall–Kier alpha value is -0.880. The molecule has 84 valence electrons. The molecule has 0 aromatic carbocycles. The predicted molar refractivity (Wildman–Crippen MR) is 56.5 cm³/mol. The highest BCUT2D eigenvalue weighted by Crippen LogP contribution is 2.30. The fraction of sp³-hybridized carbons (Fsp3) is 0.667. The number of aromatic nitrogens is 2. The van der Waals surface area contributed by atoms with Gasteiger partial charge in [0, 0.05) is 18.3 Å². The highest BCUT2D eigenvalue weighted by atomic mass is 32.2. The number of sulfonamides is 1. The lowest BCUT2D eigenvalue weighted by Crippen LogP contribution is -2.14. The van der Waals surface area contributed by atoms with Crippen molar-refractivity contribution in [2.45, 2.75) is 32.1 Å². The van der Waals surface area contributed by atoms with Gasteiger partial charge in [0.2, 0.25) is 10.0 Å². The van der Waals surface area contributed by atoms with Crippen LogP contribution >= 0.6 is 0 Å². The van der Waals surface area contributed by atoms with Gasteiger partial charge < -0.3 is 0 Å². The summed E-state index contributed by atoms with van der Waals surface area (Å²) < 4.78 is 23.7. The summed E-state index contributed by atoms with van der Waals surface area (Å²) in [5.74, 6) is 0.607. The first-order valence-corrected chi connectivity index (χ1v) is 6.69. The smallest absolute Gasteiger partial charge is 0.213 e. The first-order valence-electron chi connectivity index (χ1n) is 4.97. The Labute approximate surface area is 89.3 Å². The van der Waals surface area contributed by atoms with Crippen LogP contribution in [0, 0.1) is 12.8 Å². The number of rotatable bonds is 4. The summed E-state index contributed by atoms with van der Waals surface area (Å²) in [6.07, 6.45) is 4.30. The van der Waals surface area contributed by atoms with Crippen LogP contribution in [-0.4, -0.2) is 18.2 Å². The lowest BCUT2D eigenvalue weighted by Gasteiger charge is -1.96. The number of aryl methyl sites for hydroxylation is 1. The average molecular weight is 229 g/mol. The highest BCUT2D eigenvalue weighted by Gasteiger charge is 2.22. The van der Waals surface area contributed by atoms with Gasteiger partial charge in [-0.25, -0.2) is 13.6 Å². The Kier molecular flexibility index (Phi) is 2.56. The molecular formula is C9H15N3O2S. The molecule has 1 aliphatic rings. The van der Waals surface area contributed by atoms with E-state index in [1.54, 1.807) is 6.20 Å². The quantitative estimate of drug-likeness (QED) is 0.811. The first-order chi connectivity index (χ1) is 6.94. The molecule has 0 saturated heterocycles. The van der Waals surface area contributed by atoms with Crippen molar-refractivity contribution in [3.05, 3.63) is 17.5 Å². The zero-order chi connectivity index (χ0) is 11.1. The van der Waals surface area contributed by atoms with E-state index in [4.69, 9.17) is 5.14 Å². The van der Waals surface area contributed by atoms with Crippen LogP contribution in [0.15, 0.2) is 6.20 Å². The summed E-state index contributed by atoms with van der Waals surface area (Å²) in [7, 11) is -3.45. The van der Waals surface area contributed by atoms with E-state index in [1.165, 1.54) is 12.8 Å². The fourth-order valence-electron chi connectivity index (χ4n) is 1.58. The van der Waals surface area contributed by atoms with E-state index in [1.807, 2.05) is 11.6 Å². The number of nitrogens with zero attached hydrogens (tertiary/aromatic N) is 2. The Bertz CT molecular complexity index is 460. The second kappa shape index (κ2) is 3.61. The molecule has 5 nitrogen and oxygen atoms in total. The van der Waals surface area contributed by atoms with Crippen molar-refractivity contribution in [1.82, 2.24) is 9.78 Å². The van der Waals surface area contributed by atoms with Crippen LogP contribution in [0.3, 0.4) is 0 Å². The van der Waals surface area contributed by atoms with E-state index in [0.29, 0.717) is 5.56 Å². The third-order valence-corrected chi connectivity index (χ3v) is 3.26. The van der Waals surface area contributed by atoms with Crippen LogP contribution in [0.2, 0.25) is 0 Å². The minimum atomic E-state index is -3.45. The predicted octanol–water partition coefficient (Wildman–Crippen LogP) is 0.390. The van der Waals surface area contributed by atoms with Gasteiger partial charge in [-0.05, 0) is 25.7 Å². The summed E-state index contributed by atoms with van der Waals surface area (Å²) in [5.41, 5.74) is 1.46. The molecule has 1 saturated carbocycles. The standard InChI is InChI=1S/C9H15N3O2S/c1-7-9(6-15(10,13)14)5-12(11-7)4-8-2-3-8/h5,8H,2-4,6H2,1H3,(H2,10,13,14). The number of hydrogen-bond acceptors (Lipinski definition) is 3. The number of primary sulfonamides is 1.